The van der Waals surface area contributed by atoms with Gasteiger partial charge in [-0.15, -0.1) is 11.3 Å². The predicted molar refractivity (Wildman–Crippen MR) is 83.8 cm³/mol. The Labute approximate surface area is 132 Å². The van der Waals surface area contributed by atoms with Gasteiger partial charge in [-0.3, -0.25) is 14.4 Å². The van der Waals surface area contributed by atoms with Crippen molar-refractivity contribution in [3.8, 4) is 0 Å². The summed E-state index contributed by atoms with van der Waals surface area (Å²) in [6.07, 6.45) is 8.23. The number of carbonyl (C=O) groups is 1. The number of hydrogen-bond donors (Lipinski definition) is 1. The summed E-state index contributed by atoms with van der Waals surface area (Å²) in [6.45, 7) is 2.83. The molecule has 2 aromatic heterocycles. The number of nitrogens with two attached hydrogens (primary N) is 1. The van der Waals surface area contributed by atoms with Crippen molar-refractivity contribution in [2.45, 2.75) is 38.3 Å². The number of amides is 1. The van der Waals surface area contributed by atoms with E-state index in [-0.39, 0.29) is 0 Å². The summed E-state index contributed by atoms with van der Waals surface area (Å²) in [5.74, 6) is -0.421. The van der Waals surface area contributed by atoms with Crippen molar-refractivity contribution in [1.82, 2.24) is 19.7 Å². The van der Waals surface area contributed by atoms with Crippen LogP contribution in [0.1, 0.15) is 44.8 Å². The lowest BCUT2D eigenvalue weighted by Gasteiger charge is -2.38. The molecule has 0 unspecified atom stereocenters. The van der Waals surface area contributed by atoms with E-state index in [0.717, 1.165) is 26.1 Å². The number of aromatic nitrogens is 3. The Morgan fingerprint density at radius 2 is 2.18 bits per heavy atom. The second-order valence-electron chi connectivity index (χ2n) is 6.11. The predicted octanol–water partition coefficient (Wildman–Crippen LogP) is 1.37. The third-order valence-corrected chi connectivity index (χ3v) is 5.59. The summed E-state index contributed by atoms with van der Waals surface area (Å²) in [5, 5.41) is 5.47. The van der Waals surface area contributed by atoms with Gasteiger partial charge in [-0.05, 0) is 25.7 Å². The van der Waals surface area contributed by atoms with Gasteiger partial charge in [-0.1, -0.05) is 0 Å². The highest BCUT2D eigenvalue weighted by molar-refractivity contribution is 7.11. The van der Waals surface area contributed by atoms with Crippen molar-refractivity contribution in [2.75, 3.05) is 13.1 Å². The average molecular weight is 317 g/mol. The van der Waals surface area contributed by atoms with Crippen molar-refractivity contribution in [3.63, 3.8) is 0 Å². The zero-order chi connectivity index (χ0) is 15.1. The average Bonchev–Trinajstić information content (AvgIpc) is 3.08. The quantitative estimate of drug-likeness (QED) is 0.924. The van der Waals surface area contributed by atoms with Gasteiger partial charge in [0.25, 0.3) is 5.91 Å². The fourth-order valence-electron chi connectivity index (χ4n) is 3.17. The molecule has 1 saturated heterocycles. The van der Waals surface area contributed by atoms with Crippen molar-refractivity contribution in [1.29, 1.82) is 0 Å². The van der Waals surface area contributed by atoms with Gasteiger partial charge < -0.3 is 5.73 Å². The highest BCUT2D eigenvalue weighted by atomic mass is 32.1. The monoisotopic (exact) mass is 317 g/mol. The molecule has 1 fully saturated rings. The molecule has 2 N–H and O–H groups in total. The maximum atomic E-state index is 11.1. The van der Waals surface area contributed by atoms with Crippen molar-refractivity contribution in [2.24, 2.45) is 5.73 Å². The first-order chi connectivity index (χ1) is 10.7. The van der Waals surface area contributed by atoms with Crippen LogP contribution in [-0.2, 0) is 19.4 Å². The zero-order valence-corrected chi connectivity index (χ0v) is 13.2. The minimum Gasteiger partial charge on any atom is -0.366 e. The highest BCUT2D eigenvalue weighted by Crippen LogP contribution is 2.29. The molecule has 7 heteroatoms. The summed E-state index contributed by atoms with van der Waals surface area (Å²) < 4.78 is 1.85. The number of thiazole rings is 1. The molecular weight excluding hydrogens is 298 g/mol. The molecule has 4 rings (SSSR count). The van der Waals surface area contributed by atoms with Crippen LogP contribution in [0.2, 0.25) is 0 Å². The summed E-state index contributed by atoms with van der Waals surface area (Å²) >= 11 is 1.88. The lowest BCUT2D eigenvalue weighted by Crippen LogP contribution is -2.47. The van der Waals surface area contributed by atoms with Gasteiger partial charge in [-0.25, -0.2) is 4.98 Å². The number of primary amides is 1. The SMILES string of the molecule is NC(=O)c1cnn(C2CN(Cc3nc4c(s3)CCCC4)C2)c1. The molecule has 0 radical (unpaired) electrons. The van der Waals surface area contributed by atoms with Gasteiger partial charge in [0.2, 0.25) is 0 Å². The normalized spacial score (nSPS) is 18.9. The van der Waals surface area contributed by atoms with Crippen molar-refractivity contribution >= 4 is 17.2 Å². The van der Waals surface area contributed by atoms with Crippen LogP contribution in [0.25, 0.3) is 0 Å². The smallest absolute Gasteiger partial charge is 0.251 e. The number of rotatable bonds is 4. The summed E-state index contributed by atoms with van der Waals surface area (Å²) in [4.78, 5) is 19.8. The van der Waals surface area contributed by atoms with E-state index in [9.17, 15) is 4.79 Å². The van der Waals surface area contributed by atoms with E-state index in [1.54, 1.807) is 12.4 Å². The van der Waals surface area contributed by atoms with Gasteiger partial charge in [-0.2, -0.15) is 5.10 Å². The number of fused-ring (bicyclic) bond motifs is 1. The van der Waals surface area contributed by atoms with Gasteiger partial charge >= 0.3 is 0 Å². The van der Waals surface area contributed by atoms with E-state index < -0.39 is 5.91 Å². The molecule has 22 heavy (non-hydrogen) atoms. The Morgan fingerprint density at radius 3 is 2.91 bits per heavy atom. The van der Waals surface area contributed by atoms with Crippen molar-refractivity contribution in [3.05, 3.63) is 33.5 Å². The Balaban J connectivity index is 1.35. The van der Waals surface area contributed by atoms with Gasteiger partial charge in [0, 0.05) is 24.2 Å². The second kappa shape index (κ2) is 5.48. The second-order valence-corrected chi connectivity index (χ2v) is 7.27. The number of carbonyl (C=O) groups excluding carboxylic acids is 1. The molecule has 0 bridgehead atoms. The number of nitrogens with zero attached hydrogens (tertiary/aromatic N) is 4. The maximum absolute atomic E-state index is 11.1. The van der Waals surface area contributed by atoms with E-state index in [1.165, 1.54) is 34.8 Å². The third kappa shape index (κ3) is 2.55. The molecule has 0 aromatic carbocycles. The lowest BCUT2D eigenvalue weighted by molar-refractivity contribution is 0.0905. The third-order valence-electron chi connectivity index (χ3n) is 4.45. The van der Waals surface area contributed by atoms with E-state index in [0.29, 0.717) is 11.6 Å². The molecule has 1 aliphatic heterocycles. The van der Waals surface area contributed by atoms with Crippen LogP contribution in [0.15, 0.2) is 12.4 Å². The van der Waals surface area contributed by atoms with Crippen LogP contribution >= 0.6 is 11.3 Å². The number of aryl methyl sites for hydroxylation is 2. The topological polar surface area (TPSA) is 77.0 Å². The summed E-state index contributed by atoms with van der Waals surface area (Å²) in [7, 11) is 0. The standard InChI is InChI=1S/C15H19N5OS/c16-15(21)10-5-17-20(6-10)11-7-19(8-11)9-14-18-12-3-1-2-4-13(12)22-14/h5-6,11H,1-4,7-9H2,(H2,16,21). The van der Waals surface area contributed by atoms with E-state index >= 15 is 0 Å². The molecular formula is C15H19N5OS. The Hall–Kier alpha value is -1.73. The largest absolute Gasteiger partial charge is 0.366 e. The molecule has 6 nitrogen and oxygen atoms in total. The minimum atomic E-state index is -0.421. The van der Waals surface area contributed by atoms with Crippen LogP contribution in [0.3, 0.4) is 0 Å². The van der Waals surface area contributed by atoms with Crippen LogP contribution in [0.5, 0.6) is 0 Å². The molecule has 2 aliphatic rings. The van der Waals surface area contributed by atoms with Crippen LogP contribution in [0, 0.1) is 0 Å². The Morgan fingerprint density at radius 1 is 1.36 bits per heavy atom. The fraction of sp³-hybridized carbons (Fsp3) is 0.533. The number of hydrogen-bond acceptors (Lipinski definition) is 5. The first-order valence-electron chi connectivity index (χ1n) is 7.73. The van der Waals surface area contributed by atoms with Gasteiger partial charge in [0.1, 0.15) is 5.01 Å². The molecule has 0 spiro atoms. The van der Waals surface area contributed by atoms with Crippen LogP contribution in [0.4, 0.5) is 0 Å². The molecule has 1 aliphatic carbocycles. The fourth-order valence-corrected chi connectivity index (χ4v) is 4.37. The van der Waals surface area contributed by atoms with Crippen LogP contribution < -0.4 is 5.73 Å². The first-order valence-corrected chi connectivity index (χ1v) is 8.54. The van der Waals surface area contributed by atoms with Gasteiger partial charge in [0.05, 0.1) is 30.0 Å². The first kappa shape index (κ1) is 13.9. The maximum Gasteiger partial charge on any atom is 0.251 e. The highest BCUT2D eigenvalue weighted by Gasteiger charge is 2.30. The summed E-state index contributed by atoms with van der Waals surface area (Å²) in [6, 6.07) is 0.336. The van der Waals surface area contributed by atoms with Crippen molar-refractivity contribution < 1.29 is 4.79 Å². The van der Waals surface area contributed by atoms with Crippen LogP contribution in [-0.4, -0.2) is 38.7 Å². The van der Waals surface area contributed by atoms with E-state index in [1.807, 2.05) is 16.0 Å². The van der Waals surface area contributed by atoms with E-state index in [4.69, 9.17) is 10.7 Å². The molecule has 3 heterocycles. The van der Waals surface area contributed by atoms with E-state index in [2.05, 4.69) is 10.00 Å². The Bertz CT molecular complexity index is 677. The molecule has 116 valence electrons. The zero-order valence-electron chi connectivity index (χ0n) is 12.4. The lowest BCUT2D eigenvalue weighted by atomic mass is 10.0. The molecule has 0 atom stereocenters. The Kier molecular flexibility index (Phi) is 3.46. The minimum absolute atomic E-state index is 0.336. The molecule has 2 aromatic rings. The molecule has 0 saturated carbocycles. The summed E-state index contributed by atoms with van der Waals surface area (Å²) in [5.41, 5.74) is 7.07. The van der Waals surface area contributed by atoms with Gasteiger partial charge in [0.15, 0.2) is 0 Å². The molecule has 1 amide bonds. The number of likely N-dealkylation sites (tertiary alicyclic amines) is 1.